The first-order chi connectivity index (χ1) is 15.0. The lowest BCUT2D eigenvalue weighted by molar-refractivity contribution is -0.113. The highest BCUT2D eigenvalue weighted by molar-refractivity contribution is 7.99. The molecule has 2 N–H and O–H groups in total. The Hall–Kier alpha value is -3.92. The van der Waals surface area contributed by atoms with E-state index in [0.29, 0.717) is 27.4 Å². The van der Waals surface area contributed by atoms with Crippen LogP contribution >= 0.6 is 11.8 Å². The molecule has 10 heteroatoms. The van der Waals surface area contributed by atoms with E-state index < -0.39 is 5.97 Å². The Balaban J connectivity index is 1.47. The summed E-state index contributed by atoms with van der Waals surface area (Å²) in [6.45, 7) is 0. The van der Waals surface area contributed by atoms with Crippen molar-refractivity contribution >= 4 is 40.4 Å². The standard InChI is InChI=1S/C21H17N5O4S/c1-30-20(29)13-7-9-14(10-8-13)23-17(27)12-31-21-24-18-16(19(28)25-21)11-22-26(18)15-5-3-2-4-6-15/h2-11H,12H2,1H3,(H,23,27)(H,24,25,28). The van der Waals surface area contributed by atoms with Gasteiger partial charge in [0.1, 0.15) is 5.39 Å². The predicted molar refractivity (Wildman–Crippen MR) is 117 cm³/mol. The molecule has 0 atom stereocenters. The van der Waals surface area contributed by atoms with Crippen LogP contribution in [-0.4, -0.2) is 44.5 Å². The van der Waals surface area contributed by atoms with Crippen LogP contribution in [0.2, 0.25) is 0 Å². The third-order valence-electron chi connectivity index (χ3n) is 4.35. The smallest absolute Gasteiger partial charge is 0.337 e. The Morgan fingerprint density at radius 2 is 1.87 bits per heavy atom. The van der Waals surface area contributed by atoms with Gasteiger partial charge in [0.25, 0.3) is 5.56 Å². The van der Waals surface area contributed by atoms with Crippen molar-refractivity contribution in [3.8, 4) is 5.69 Å². The van der Waals surface area contributed by atoms with Crippen molar-refractivity contribution in [1.82, 2.24) is 19.7 Å². The average Bonchev–Trinajstić information content (AvgIpc) is 3.23. The Labute approximate surface area is 180 Å². The van der Waals surface area contributed by atoms with Gasteiger partial charge in [-0.3, -0.25) is 9.59 Å². The van der Waals surface area contributed by atoms with E-state index in [1.54, 1.807) is 28.9 Å². The number of nitrogens with zero attached hydrogens (tertiary/aromatic N) is 3. The molecule has 2 heterocycles. The lowest BCUT2D eigenvalue weighted by Gasteiger charge is -2.06. The molecule has 9 nitrogen and oxygen atoms in total. The minimum absolute atomic E-state index is 0.0344. The van der Waals surface area contributed by atoms with Gasteiger partial charge in [-0.25, -0.2) is 14.5 Å². The number of hydrogen-bond donors (Lipinski definition) is 2. The Bertz CT molecular complexity index is 1300. The fourth-order valence-corrected chi connectivity index (χ4v) is 3.52. The van der Waals surface area contributed by atoms with Gasteiger partial charge >= 0.3 is 5.97 Å². The molecular weight excluding hydrogens is 418 g/mol. The monoisotopic (exact) mass is 435 g/mol. The van der Waals surface area contributed by atoms with Crippen molar-refractivity contribution in [3.05, 3.63) is 76.7 Å². The number of anilines is 1. The van der Waals surface area contributed by atoms with Gasteiger partial charge in [-0.2, -0.15) is 5.10 Å². The van der Waals surface area contributed by atoms with Gasteiger partial charge in [-0.15, -0.1) is 0 Å². The number of aromatic amines is 1. The highest BCUT2D eigenvalue weighted by atomic mass is 32.2. The molecule has 0 radical (unpaired) electrons. The van der Waals surface area contributed by atoms with Crippen molar-refractivity contribution in [1.29, 1.82) is 0 Å². The van der Waals surface area contributed by atoms with Crippen molar-refractivity contribution in [2.24, 2.45) is 0 Å². The number of carbonyl (C=O) groups is 2. The maximum atomic E-state index is 12.4. The maximum Gasteiger partial charge on any atom is 0.337 e. The molecule has 4 aromatic rings. The molecule has 1 amide bonds. The van der Waals surface area contributed by atoms with E-state index in [4.69, 9.17) is 0 Å². The number of methoxy groups -OCH3 is 1. The number of benzene rings is 2. The summed E-state index contributed by atoms with van der Waals surface area (Å²) in [5.74, 6) is -0.698. The fourth-order valence-electron chi connectivity index (χ4n) is 2.86. The summed E-state index contributed by atoms with van der Waals surface area (Å²) in [4.78, 5) is 43.3. The van der Waals surface area contributed by atoms with Gasteiger partial charge < -0.3 is 15.0 Å². The fraction of sp³-hybridized carbons (Fsp3) is 0.0952. The number of aromatic nitrogens is 4. The van der Waals surface area contributed by atoms with E-state index in [2.05, 4.69) is 25.1 Å². The highest BCUT2D eigenvalue weighted by Gasteiger charge is 2.13. The largest absolute Gasteiger partial charge is 0.465 e. The summed E-state index contributed by atoms with van der Waals surface area (Å²) in [7, 11) is 1.30. The number of thioether (sulfide) groups is 1. The van der Waals surface area contributed by atoms with Crippen molar-refractivity contribution in [2.45, 2.75) is 5.16 Å². The second kappa shape index (κ2) is 8.84. The third-order valence-corrected chi connectivity index (χ3v) is 5.22. The minimum Gasteiger partial charge on any atom is -0.465 e. The zero-order chi connectivity index (χ0) is 21.8. The molecule has 0 fully saturated rings. The lowest BCUT2D eigenvalue weighted by atomic mass is 10.2. The molecule has 0 aliphatic heterocycles. The minimum atomic E-state index is -0.450. The predicted octanol–water partition coefficient (Wildman–Crippen LogP) is 2.63. The Morgan fingerprint density at radius 3 is 2.58 bits per heavy atom. The SMILES string of the molecule is COC(=O)c1ccc(NC(=O)CSc2nc3c(cnn3-c3ccccc3)c(=O)[nH]2)cc1. The summed E-state index contributed by atoms with van der Waals surface area (Å²) in [5, 5.41) is 7.66. The molecule has 0 saturated heterocycles. The number of carbonyl (C=O) groups excluding carboxylic acids is 2. The molecule has 0 saturated carbocycles. The maximum absolute atomic E-state index is 12.4. The average molecular weight is 435 g/mol. The van der Waals surface area contributed by atoms with Crippen LogP contribution in [0.1, 0.15) is 10.4 Å². The Kier molecular flexibility index (Phi) is 5.80. The summed E-state index contributed by atoms with van der Waals surface area (Å²) >= 11 is 1.10. The number of rotatable bonds is 6. The number of fused-ring (bicyclic) bond motifs is 1. The van der Waals surface area contributed by atoms with Crippen LogP contribution in [0.5, 0.6) is 0 Å². The second-order valence-corrected chi connectivity index (χ2v) is 7.37. The van der Waals surface area contributed by atoms with Crippen LogP contribution in [0.25, 0.3) is 16.7 Å². The molecular formula is C21H17N5O4S. The number of amides is 1. The van der Waals surface area contributed by atoms with Crippen molar-refractivity contribution in [2.75, 3.05) is 18.2 Å². The second-order valence-electron chi connectivity index (χ2n) is 6.41. The van der Waals surface area contributed by atoms with Crippen molar-refractivity contribution in [3.63, 3.8) is 0 Å². The molecule has 0 bridgehead atoms. The molecule has 156 valence electrons. The summed E-state index contributed by atoms with van der Waals surface area (Å²) in [6.07, 6.45) is 1.47. The van der Waals surface area contributed by atoms with E-state index in [0.717, 1.165) is 17.4 Å². The van der Waals surface area contributed by atoms with Crippen LogP contribution in [0.3, 0.4) is 0 Å². The molecule has 31 heavy (non-hydrogen) atoms. The van der Waals surface area contributed by atoms with E-state index in [1.165, 1.54) is 13.3 Å². The van der Waals surface area contributed by atoms with Gasteiger partial charge in [-0.1, -0.05) is 30.0 Å². The first-order valence-electron chi connectivity index (χ1n) is 9.19. The zero-order valence-electron chi connectivity index (χ0n) is 16.4. The van der Waals surface area contributed by atoms with Crippen LogP contribution in [-0.2, 0) is 9.53 Å². The molecule has 0 aliphatic rings. The summed E-state index contributed by atoms with van der Waals surface area (Å²) in [5.41, 5.74) is 1.79. The van der Waals surface area contributed by atoms with E-state index in [1.807, 2.05) is 30.3 Å². The van der Waals surface area contributed by atoms with Crippen LogP contribution < -0.4 is 10.9 Å². The number of ether oxygens (including phenoxy) is 1. The van der Waals surface area contributed by atoms with E-state index >= 15 is 0 Å². The molecule has 0 aliphatic carbocycles. The van der Waals surface area contributed by atoms with Gasteiger partial charge in [0.15, 0.2) is 10.8 Å². The van der Waals surface area contributed by atoms with Gasteiger partial charge in [0.2, 0.25) is 5.91 Å². The van der Waals surface area contributed by atoms with Gasteiger partial charge in [0.05, 0.1) is 30.3 Å². The number of H-pyrrole nitrogens is 1. The number of hydrogen-bond acceptors (Lipinski definition) is 7. The molecule has 2 aromatic heterocycles. The van der Waals surface area contributed by atoms with Crippen LogP contribution in [0.15, 0.2) is 70.7 Å². The molecule has 0 spiro atoms. The third kappa shape index (κ3) is 4.48. The molecule has 2 aromatic carbocycles. The van der Waals surface area contributed by atoms with Crippen LogP contribution in [0, 0.1) is 0 Å². The Morgan fingerprint density at radius 1 is 1.13 bits per heavy atom. The van der Waals surface area contributed by atoms with Gasteiger partial charge in [-0.05, 0) is 36.4 Å². The summed E-state index contributed by atoms with van der Waals surface area (Å²) < 4.78 is 6.22. The number of nitrogens with one attached hydrogen (secondary N) is 2. The number of esters is 1. The summed E-state index contributed by atoms with van der Waals surface area (Å²) in [6, 6.07) is 15.7. The van der Waals surface area contributed by atoms with E-state index in [-0.39, 0.29) is 17.2 Å². The first-order valence-corrected chi connectivity index (χ1v) is 10.2. The van der Waals surface area contributed by atoms with Crippen LogP contribution in [0.4, 0.5) is 5.69 Å². The number of para-hydroxylation sites is 1. The lowest BCUT2D eigenvalue weighted by Crippen LogP contribution is -2.16. The van der Waals surface area contributed by atoms with Crippen molar-refractivity contribution < 1.29 is 14.3 Å². The normalized spacial score (nSPS) is 10.7. The highest BCUT2D eigenvalue weighted by Crippen LogP contribution is 2.18. The molecule has 0 unspecified atom stereocenters. The van der Waals surface area contributed by atoms with Gasteiger partial charge in [0, 0.05) is 5.69 Å². The quantitative estimate of drug-likeness (QED) is 0.271. The van der Waals surface area contributed by atoms with E-state index in [9.17, 15) is 14.4 Å². The molecule has 4 rings (SSSR count). The topological polar surface area (TPSA) is 119 Å². The first kappa shape index (κ1) is 20.4. The zero-order valence-corrected chi connectivity index (χ0v) is 17.2.